The molecule has 110 valence electrons. The second-order valence-corrected chi connectivity index (χ2v) is 7.47. The van der Waals surface area contributed by atoms with Crippen LogP contribution in [-0.2, 0) is 14.8 Å². The van der Waals surface area contributed by atoms with Gasteiger partial charge in [0.1, 0.15) is 4.90 Å². The maximum atomic E-state index is 12.4. The molecule has 2 rings (SSSR count). The van der Waals surface area contributed by atoms with Gasteiger partial charge in [-0.05, 0) is 28.1 Å². The van der Waals surface area contributed by atoms with E-state index in [2.05, 4.69) is 15.9 Å². The Hall–Kier alpha value is -0.830. The first-order chi connectivity index (χ1) is 9.27. The molecule has 0 bridgehead atoms. The SMILES string of the molecule is COc1c(Br)cc(Cl)cc1S(=O)(=O)N1CC(C(=O)O)C1. The Kier molecular flexibility index (Phi) is 4.29. The number of sulfonamides is 1. The zero-order valence-electron chi connectivity index (χ0n) is 10.3. The number of rotatable bonds is 4. The third-order valence-electron chi connectivity index (χ3n) is 2.99. The van der Waals surface area contributed by atoms with Crippen molar-refractivity contribution in [2.75, 3.05) is 20.2 Å². The van der Waals surface area contributed by atoms with Crippen molar-refractivity contribution in [3.63, 3.8) is 0 Å². The van der Waals surface area contributed by atoms with E-state index < -0.39 is 21.9 Å². The van der Waals surface area contributed by atoms with Crippen LogP contribution in [0.3, 0.4) is 0 Å². The van der Waals surface area contributed by atoms with Crippen molar-refractivity contribution in [1.82, 2.24) is 4.31 Å². The van der Waals surface area contributed by atoms with Gasteiger partial charge in [0.05, 0.1) is 17.5 Å². The zero-order chi connectivity index (χ0) is 15.1. The molecule has 9 heteroatoms. The van der Waals surface area contributed by atoms with Crippen LogP contribution in [0.5, 0.6) is 5.75 Å². The summed E-state index contributed by atoms with van der Waals surface area (Å²) in [7, 11) is -2.48. The standard InChI is InChI=1S/C11H11BrClNO5S/c1-19-10-8(12)2-7(13)3-9(10)20(17,18)14-4-6(5-14)11(15)16/h2-3,6H,4-5H2,1H3,(H,15,16). The van der Waals surface area contributed by atoms with Gasteiger partial charge in [-0.1, -0.05) is 11.6 Å². The number of hydrogen-bond acceptors (Lipinski definition) is 4. The van der Waals surface area contributed by atoms with Gasteiger partial charge in [0.25, 0.3) is 0 Å². The highest BCUT2D eigenvalue weighted by Crippen LogP contribution is 2.38. The summed E-state index contributed by atoms with van der Waals surface area (Å²) >= 11 is 9.06. The van der Waals surface area contributed by atoms with Gasteiger partial charge < -0.3 is 9.84 Å². The van der Waals surface area contributed by atoms with Crippen molar-refractivity contribution in [1.29, 1.82) is 0 Å². The van der Waals surface area contributed by atoms with E-state index in [1.54, 1.807) is 0 Å². The van der Waals surface area contributed by atoms with Gasteiger partial charge in [0.2, 0.25) is 10.0 Å². The molecule has 0 spiro atoms. The van der Waals surface area contributed by atoms with Gasteiger partial charge in [0.15, 0.2) is 5.75 Å². The number of carboxylic acid groups (broad SMARTS) is 1. The first-order valence-corrected chi connectivity index (χ1v) is 8.14. The van der Waals surface area contributed by atoms with Crippen LogP contribution < -0.4 is 4.74 Å². The number of methoxy groups -OCH3 is 1. The van der Waals surface area contributed by atoms with E-state index >= 15 is 0 Å². The topological polar surface area (TPSA) is 83.9 Å². The lowest BCUT2D eigenvalue weighted by atomic mass is 10.0. The normalized spacial score (nSPS) is 16.8. The third kappa shape index (κ3) is 2.65. The van der Waals surface area contributed by atoms with E-state index in [1.165, 1.54) is 19.2 Å². The zero-order valence-corrected chi connectivity index (χ0v) is 13.5. The van der Waals surface area contributed by atoms with Crippen LogP contribution >= 0.6 is 27.5 Å². The van der Waals surface area contributed by atoms with Crippen LogP contribution in [0, 0.1) is 5.92 Å². The molecule has 0 aliphatic carbocycles. The highest BCUT2D eigenvalue weighted by molar-refractivity contribution is 9.10. The van der Waals surface area contributed by atoms with E-state index in [0.717, 1.165) is 4.31 Å². The van der Waals surface area contributed by atoms with E-state index in [4.69, 9.17) is 21.4 Å². The summed E-state index contributed by atoms with van der Waals surface area (Å²) < 4.78 is 31.5. The average Bonchev–Trinajstić information content (AvgIpc) is 2.24. The molecule has 0 amide bonds. The van der Waals surface area contributed by atoms with Gasteiger partial charge in [-0.25, -0.2) is 8.42 Å². The second kappa shape index (κ2) is 5.51. The van der Waals surface area contributed by atoms with Crippen LogP contribution in [0.4, 0.5) is 0 Å². The van der Waals surface area contributed by atoms with Crippen LogP contribution in [0.15, 0.2) is 21.5 Å². The predicted octanol–water partition coefficient (Wildman–Crippen LogP) is 1.82. The lowest BCUT2D eigenvalue weighted by Gasteiger charge is -2.35. The first-order valence-electron chi connectivity index (χ1n) is 5.53. The van der Waals surface area contributed by atoms with Crippen LogP contribution in [0.25, 0.3) is 0 Å². The molecule has 0 aromatic heterocycles. The van der Waals surface area contributed by atoms with Crippen molar-refractivity contribution in [2.24, 2.45) is 5.92 Å². The molecule has 0 saturated carbocycles. The highest BCUT2D eigenvalue weighted by atomic mass is 79.9. The summed E-state index contributed by atoms with van der Waals surface area (Å²) in [6, 6.07) is 2.81. The van der Waals surface area contributed by atoms with E-state index in [-0.39, 0.29) is 28.8 Å². The van der Waals surface area contributed by atoms with Gasteiger partial charge in [-0.2, -0.15) is 4.31 Å². The van der Waals surface area contributed by atoms with Crippen molar-refractivity contribution >= 4 is 43.5 Å². The summed E-state index contributed by atoms with van der Waals surface area (Å²) in [5.41, 5.74) is 0. The Balaban J connectivity index is 2.39. The van der Waals surface area contributed by atoms with Crippen LogP contribution in [-0.4, -0.2) is 44.0 Å². The molecule has 1 aliphatic heterocycles. The Morgan fingerprint density at radius 1 is 1.50 bits per heavy atom. The number of halogens is 2. The molecular weight excluding hydrogens is 374 g/mol. The van der Waals surface area contributed by atoms with Crippen molar-refractivity contribution < 1.29 is 23.1 Å². The number of hydrogen-bond donors (Lipinski definition) is 1. The molecule has 1 saturated heterocycles. The Bertz CT molecular complexity index is 657. The van der Waals surface area contributed by atoms with Gasteiger partial charge >= 0.3 is 5.97 Å². The van der Waals surface area contributed by atoms with Crippen LogP contribution in [0.1, 0.15) is 0 Å². The Morgan fingerprint density at radius 2 is 2.10 bits per heavy atom. The molecule has 1 fully saturated rings. The minimum absolute atomic E-state index is 0.0506. The molecule has 1 aromatic rings. The first kappa shape index (κ1) is 15.6. The second-order valence-electron chi connectivity index (χ2n) is 4.28. The summed E-state index contributed by atoms with van der Waals surface area (Å²) in [6.07, 6.45) is 0. The molecule has 0 atom stereocenters. The fraction of sp³-hybridized carbons (Fsp3) is 0.364. The number of carboxylic acids is 1. The summed E-state index contributed by atoms with van der Waals surface area (Å²) in [5, 5.41) is 9.04. The largest absolute Gasteiger partial charge is 0.494 e. The Labute approximate surface area is 129 Å². The number of benzene rings is 1. The molecular formula is C11H11BrClNO5S. The maximum absolute atomic E-state index is 12.4. The lowest BCUT2D eigenvalue weighted by Crippen LogP contribution is -2.52. The number of carbonyl (C=O) groups is 1. The molecule has 6 nitrogen and oxygen atoms in total. The minimum atomic E-state index is -3.83. The van der Waals surface area contributed by atoms with Crippen molar-refractivity contribution in [3.8, 4) is 5.75 Å². The third-order valence-corrected chi connectivity index (χ3v) is 5.64. The summed E-state index contributed by atoms with van der Waals surface area (Å²) in [4.78, 5) is 10.7. The van der Waals surface area contributed by atoms with Gasteiger partial charge in [0, 0.05) is 18.1 Å². The van der Waals surface area contributed by atoms with Gasteiger partial charge in [-0.15, -0.1) is 0 Å². The summed E-state index contributed by atoms with van der Waals surface area (Å²) in [5.74, 6) is -1.53. The number of ether oxygens (including phenoxy) is 1. The average molecular weight is 385 g/mol. The summed E-state index contributed by atoms with van der Waals surface area (Å²) in [6.45, 7) is -0.101. The quantitative estimate of drug-likeness (QED) is 0.856. The minimum Gasteiger partial charge on any atom is -0.494 e. The molecule has 20 heavy (non-hydrogen) atoms. The smallest absolute Gasteiger partial charge is 0.309 e. The molecule has 0 unspecified atom stereocenters. The molecule has 1 N–H and O–H groups in total. The van der Waals surface area contributed by atoms with Crippen LogP contribution in [0.2, 0.25) is 5.02 Å². The van der Waals surface area contributed by atoms with Gasteiger partial charge in [-0.3, -0.25) is 4.79 Å². The highest BCUT2D eigenvalue weighted by Gasteiger charge is 2.41. The van der Waals surface area contributed by atoms with Crippen molar-refractivity contribution in [3.05, 3.63) is 21.6 Å². The van der Waals surface area contributed by atoms with E-state index in [0.29, 0.717) is 4.47 Å². The lowest BCUT2D eigenvalue weighted by molar-refractivity contribution is -0.145. The Morgan fingerprint density at radius 3 is 2.60 bits per heavy atom. The number of aliphatic carboxylic acids is 1. The fourth-order valence-corrected chi connectivity index (χ4v) is 4.76. The van der Waals surface area contributed by atoms with E-state index in [1.807, 2.05) is 0 Å². The number of nitrogens with zero attached hydrogens (tertiary/aromatic N) is 1. The van der Waals surface area contributed by atoms with Crippen molar-refractivity contribution in [2.45, 2.75) is 4.90 Å². The molecule has 1 aliphatic rings. The monoisotopic (exact) mass is 383 g/mol. The molecule has 1 heterocycles. The molecule has 1 aromatic carbocycles. The molecule has 0 radical (unpaired) electrons. The van der Waals surface area contributed by atoms with E-state index in [9.17, 15) is 13.2 Å². The fourth-order valence-electron chi connectivity index (χ4n) is 1.86. The maximum Gasteiger partial charge on any atom is 0.309 e. The predicted molar refractivity (Wildman–Crippen MR) is 75.6 cm³/mol.